The number of hydrogen-bond acceptors (Lipinski definition) is 3. The van der Waals surface area contributed by atoms with Gasteiger partial charge in [-0.25, -0.2) is 0 Å². The number of furan rings is 3. The third-order valence-electron chi connectivity index (χ3n) is 10.6. The lowest BCUT2D eigenvalue weighted by Gasteiger charge is -2.11. The summed E-state index contributed by atoms with van der Waals surface area (Å²) in [7, 11) is 0. The van der Waals surface area contributed by atoms with Gasteiger partial charge in [0.05, 0.1) is 0 Å². The first-order valence-electron chi connectivity index (χ1n) is 20.1. The molecule has 0 spiro atoms. The summed E-state index contributed by atoms with van der Waals surface area (Å²) in [6, 6.07) is 39.5. The van der Waals surface area contributed by atoms with Crippen LogP contribution < -0.4 is 0 Å². The Kier molecular flexibility index (Phi) is 11.5. The smallest absolute Gasteiger partial charge is 0.138 e. The maximum absolute atomic E-state index is 6.91. The summed E-state index contributed by atoms with van der Waals surface area (Å²) in [6.07, 6.45) is 9.43. The zero-order valence-corrected chi connectivity index (χ0v) is 33.0. The lowest BCUT2D eigenvalue weighted by atomic mass is 9.94. The average molecular weight is 715 g/mol. The van der Waals surface area contributed by atoms with E-state index in [0.717, 1.165) is 126 Å². The summed E-state index contributed by atoms with van der Waals surface area (Å²) in [4.78, 5) is 0. The van der Waals surface area contributed by atoms with Crippen LogP contribution in [0.3, 0.4) is 0 Å². The highest BCUT2D eigenvalue weighted by atomic mass is 16.3. The van der Waals surface area contributed by atoms with E-state index >= 15 is 0 Å². The van der Waals surface area contributed by atoms with Gasteiger partial charge < -0.3 is 13.3 Å². The molecule has 3 heteroatoms. The maximum atomic E-state index is 6.91. The van der Waals surface area contributed by atoms with Crippen molar-refractivity contribution >= 4 is 0 Å². The number of aryl methyl sites for hydroxylation is 6. The molecule has 0 fully saturated rings. The fraction of sp³-hybridized carbons (Fsp3) is 0.294. The molecule has 0 bridgehead atoms. The molecule has 3 heterocycles. The van der Waals surface area contributed by atoms with Crippen LogP contribution in [0.5, 0.6) is 0 Å². The van der Waals surface area contributed by atoms with E-state index in [-0.39, 0.29) is 0 Å². The van der Waals surface area contributed by atoms with Gasteiger partial charge in [0.2, 0.25) is 0 Å². The van der Waals surface area contributed by atoms with Crippen LogP contribution in [0.25, 0.3) is 67.9 Å². The van der Waals surface area contributed by atoms with Gasteiger partial charge in [-0.05, 0) is 112 Å². The third kappa shape index (κ3) is 8.26. The van der Waals surface area contributed by atoms with Crippen LogP contribution in [0, 0.1) is 20.8 Å². The van der Waals surface area contributed by atoms with Crippen LogP contribution in [-0.4, -0.2) is 0 Å². The van der Waals surface area contributed by atoms with Crippen molar-refractivity contribution in [2.75, 3.05) is 0 Å². The topological polar surface area (TPSA) is 39.4 Å². The molecule has 0 radical (unpaired) electrons. The zero-order valence-electron chi connectivity index (χ0n) is 33.0. The molecule has 3 aromatic heterocycles. The number of hydrogen-bond donors (Lipinski definition) is 0. The average Bonchev–Trinajstić information content (AvgIpc) is 3.94. The first-order chi connectivity index (χ1) is 26.3. The van der Waals surface area contributed by atoms with E-state index in [1.807, 2.05) is 0 Å². The first kappa shape index (κ1) is 37.1. The minimum atomic E-state index is 0.898. The Hall–Kier alpha value is -5.28. The largest absolute Gasteiger partial charge is 0.456 e. The molecule has 0 amide bonds. The molecule has 0 saturated carbocycles. The van der Waals surface area contributed by atoms with E-state index < -0.39 is 0 Å². The molecule has 0 saturated heterocycles. The van der Waals surface area contributed by atoms with E-state index in [1.165, 1.54) is 33.4 Å². The molecule has 7 rings (SSSR count). The van der Waals surface area contributed by atoms with Crippen molar-refractivity contribution in [2.45, 2.75) is 99.3 Å². The van der Waals surface area contributed by atoms with Crippen molar-refractivity contribution in [2.24, 2.45) is 0 Å². The molecule has 0 aliphatic heterocycles. The lowest BCUT2D eigenvalue weighted by Crippen LogP contribution is -1.92. The summed E-state index contributed by atoms with van der Waals surface area (Å²) >= 11 is 0. The van der Waals surface area contributed by atoms with E-state index in [0.29, 0.717) is 0 Å². The van der Waals surface area contributed by atoms with E-state index in [1.54, 1.807) is 0 Å². The van der Waals surface area contributed by atoms with Crippen molar-refractivity contribution in [3.05, 3.63) is 143 Å². The van der Waals surface area contributed by atoms with Crippen molar-refractivity contribution in [3.8, 4) is 67.9 Å². The summed E-state index contributed by atoms with van der Waals surface area (Å²) in [5, 5.41) is 0. The first-order valence-corrected chi connectivity index (χ1v) is 20.1. The van der Waals surface area contributed by atoms with Crippen LogP contribution in [0.15, 0.2) is 122 Å². The van der Waals surface area contributed by atoms with E-state index in [2.05, 4.69) is 151 Å². The van der Waals surface area contributed by atoms with Gasteiger partial charge in [0.25, 0.3) is 0 Å². The highest BCUT2D eigenvalue weighted by Gasteiger charge is 2.23. The van der Waals surface area contributed by atoms with Crippen LogP contribution in [0.2, 0.25) is 0 Å². The number of unbranched alkanes of at least 4 members (excludes halogenated alkanes) is 3. The maximum Gasteiger partial charge on any atom is 0.138 e. The third-order valence-corrected chi connectivity index (χ3v) is 10.6. The Bertz CT molecular complexity index is 2020. The Morgan fingerprint density at radius 1 is 0.333 bits per heavy atom. The molecular formula is C51H54O3. The van der Waals surface area contributed by atoms with E-state index in [4.69, 9.17) is 13.3 Å². The van der Waals surface area contributed by atoms with Gasteiger partial charge in [0.1, 0.15) is 34.6 Å². The quantitative estimate of drug-likeness (QED) is 0.106. The van der Waals surface area contributed by atoms with Crippen LogP contribution in [-0.2, 0) is 19.3 Å². The van der Waals surface area contributed by atoms with Gasteiger partial charge in [-0.2, -0.15) is 0 Å². The van der Waals surface area contributed by atoms with E-state index in [9.17, 15) is 0 Å². The normalized spacial score (nSPS) is 11.4. The molecule has 0 aliphatic carbocycles. The Morgan fingerprint density at radius 2 is 0.593 bits per heavy atom. The summed E-state index contributed by atoms with van der Waals surface area (Å²) in [6.45, 7) is 13.1. The fourth-order valence-corrected chi connectivity index (χ4v) is 7.28. The zero-order chi connectivity index (χ0) is 37.6. The van der Waals surface area contributed by atoms with Crippen molar-refractivity contribution in [1.82, 2.24) is 0 Å². The van der Waals surface area contributed by atoms with Gasteiger partial charge in [0.15, 0.2) is 0 Å². The lowest BCUT2D eigenvalue weighted by molar-refractivity contribution is 0.588. The Morgan fingerprint density at radius 3 is 0.833 bits per heavy atom. The predicted octanol–water partition coefficient (Wildman–Crippen LogP) is 15.4. The Labute approximate surface area is 322 Å². The molecule has 0 aliphatic rings. The minimum Gasteiger partial charge on any atom is -0.456 e. The second-order valence-corrected chi connectivity index (χ2v) is 15.1. The highest BCUT2D eigenvalue weighted by molar-refractivity contribution is 5.82. The van der Waals surface area contributed by atoms with Crippen molar-refractivity contribution in [1.29, 1.82) is 0 Å². The standard InChI is InChI=1S/C51H54O3/c1-7-10-13-40-31-46(37-22-16-34(4)17-23-37)52-49(40)43-28-44(50-41(14-11-8-2)32-47(53-50)38-24-18-35(5)19-25-38)30-45(29-43)51-42(15-12-9-3)33-48(54-51)39-26-20-36(6)21-27-39/h16-33H,7-15H2,1-6H3. The second kappa shape index (κ2) is 16.8. The second-order valence-electron chi connectivity index (χ2n) is 15.1. The summed E-state index contributed by atoms with van der Waals surface area (Å²) in [5.41, 5.74) is 13.8. The number of rotatable bonds is 15. The molecule has 0 atom stereocenters. The molecule has 0 unspecified atom stereocenters. The van der Waals surface area contributed by atoms with Crippen LogP contribution >= 0.6 is 0 Å². The van der Waals surface area contributed by atoms with Crippen LogP contribution in [0.4, 0.5) is 0 Å². The van der Waals surface area contributed by atoms with Gasteiger partial charge in [-0.3, -0.25) is 0 Å². The molecule has 0 N–H and O–H groups in total. The van der Waals surface area contributed by atoms with Gasteiger partial charge >= 0.3 is 0 Å². The van der Waals surface area contributed by atoms with Crippen molar-refractivity contribution < 1.29 is 13.3 Å². The van der Waals surface area contributed by atoms with Crippen LogP contribution in [0.1, 0.15) is 92.7 Å². The summed E-state index contributed by atoms with van der Waals surface area (Å²) < 4.78 is 20.7. The Balaban J connectivity index is 1.45. The molecule has 3 nitrogen and oxygen atoms in total. The predicted molar refractivity (Wildman–Crippen MR) is 226 cm³/mol. The number of benzene rings is 4. The monoisotopic (exact) mass is 714 g/mol. The van der Waals surface area contributed by atoms with Gasteiger partial charge in [-0.1, -0.05) is 130 Å². The molecule has 4 aromatic carbocycles. The highest BCUT2D eigenvalue weighted by Crippen LogP contribution is 2.43. The molecular weight excluding hydrogens is 661 g/mol. The summed E-state index contributed by atoms with van der Waals surface area (Å²) in [5.74, 6) is 5.45. The van der Waals surface area contributed by atoms with Gasteiger partial charge in [0, 0.05) is 33.4 Å². The SMILES string of the molecule is CCCCc1cc(-c2ccc(C)cc2)oc1-c1cc(-c2oc(-c3ccc(C)cc3)cc2CCCC)cc(-c2oc(-c3ccc(C)cc3)cc2CCCC)c1. The molecule has 276 valence electrons. The molecule has 7 aromatic rings. The van der Waals surface area contributed by atoms with Crippen molar-refractivity contribution in [3.63, 3.8) is 0 Å². The fourth-order valence-electron chi connectivity index (χ4n) is 7.28. The van der Waals surface area contributed by atoms with Gasteiger partial charge in [-0.15, -0.1) is 0 Å². The molecule has 54 heavy (non-hydrogen) atoms. The minimum absolute atomic E-state index is 0.898.